The molecule has 214 valence electrons. The lowest BCUT2D eigenvalue weighted by molar-refractivity contribution is -0.142. The van der Waals surface area contributed by atoms with E-state index in [-0.39, 0.29) is 36.2 Å². The monoisotopic (exact) mass is 582 g/mol. The maximum absolute atomic E-state index is 14.4. The predicted molar refractivity (Wildman–Crippen MR) is 158 cm³/mol. The molecule has 42 heavy (non-hydrogen) atoms. The van der Waals surface area contributed by atoms with Gasteiger partial charge in [-0.15, -0.1) is 16.9 Å². The van der Waals surface area contributed by atoms with Crippen molar-refractivity contribution in [3.63, 3.8) is 0 Å². The first-order valence-electron chi connectivity index (χ1n) is 14.1. The number of aromatic nitrogens is 3. The number of aliphatic hydroxyl groups excluding tert-OH is 1. The number of aliphatic hydroxyl groups is 1. The van der Waals surface area contributed by atoms with Gasteiger partial charge in [-0.3, -0.25) is 14.4 Å². The van der Waals surface area contributed by atoms with Crippen molar-refractivity contribution in [3.05, 3.63) is 90.5 Å². The van der Waals surface area contributed by atoms with E-state index in [1.54, 1.807) is 21.3 Å². The molecule has 3 saturated heterocycles. The summed E-state index contributed by atoms with van der Waals surface area (Å²) < 4.78 is 0.816. The SMILES string of the molecule is O=C(NCn1nnc2ccccc21)C1N([C@H](CO)c2ccccc2)C(=O)[C@@H]2[C@H](C(=O)Nc3ccccc3)[C@@H]3CCC12S3. The molecule has 1 aromatic heterocycles. The van der Waals surface area contributed by atoms with E-state index in [0.717, 1.165) is 17.5 Å². The van der Waals surface area contributed by atoms with Gasteiger partial charge in [0, 0.05) is 10.9 Å². The van der Waals surface area contributed by atoms with Gasteiger partial charge in [-0.25, -0.2) is 4.68 Å². The summed E-state index contributed by atoms with van der Waals surface area (Å²) in [6, 6.07) is 24.3. The number of carbonyl (C=O) groups excluding carboxylic acids is 3. The third-order valence-electron chi connectivity index (χ3n) is 8.85. The van der Waals surface area contributed by atoms with E-state index in [1.807, 2.05) is 84.9 Å². The van der Waals surface area contributed by atoms with Gasteiger partial charge in [0.2, 0.25) is 17.7 Å². The maximum atomic E-state index is 14.4. The van der Waals surface area contributed by atoms with Gasteiger partial charge in [0.05, 0.1) is 34.7 Å². The number of benzene rings is 3. The summed E-state index contributed by atoms with van der Waals surface area (Å²) in [5, 5.41) is 24.9. The molecule has 3 fully saturated rings. The average Bonchev–Trinajstić information content (AvgIpc) is 3.77. The number of carbonyl (C=O) groups is 3. The molecule has 3 aliphatic heterocycles. The van der Waals surface area contributed by atoms with Gasteiger partial charge in [-0.05, 0) is 42.7 Å². The number of fused-ring (bicyclic) bond motifs is 2. The van der Waals surface area contributed by atoms with Crippen LogP contribution in [0.3, 0.4) is 0 Å². The molecule has 0 radical (unpaired) electrons. The van der Waals surface area contributed by atoms with Crippen LogP contribution < -0.4 is 10.6 Å². The average molecular weight is 583 g/mol. The molecule has 3 amide bonds. The van der Waals surface area contributed by atoms with Crippen molar-refractivity contribution >= 4 is 46.2 Å². The van der Waals surface area contributed by atoms with Gasteiger partial charge in [-0.2, -0.15) is 0 Å². The van der Waals surface area contributed by atoms with Crippen molar-refractivity contribution in [2.24, 2.45) is 11.8 Å². The Hall–Kier alpha value is -4.22. The van der Waals surface area contributed by atoms with Crippen molar-refractivity contribution in [2.45, 2.75) is 41.6 Å². The van der Waals surface area contributed by atoms with Crippen LogP contribution in [-0.2, 0) is 21.1 Å². The largest absolute Gasteiger partial charge is 0.394 e. The Morgan fingerprint density at radius 2 is 1.71 bits per heavy atom. The predicted octanol–water partition coefficient (Wildman–Crippen LogP) is 2.97. The minimum absolute atomic E-state index is 0.0692. The van der Waals surface area contributed by atoms with Crippen molar-refractivity contribution < 1.29 is 19.5 Å². The fourth-order valence-corrected chi connectivity index (χ4v) is 9.29. The van der Waals surface area contributed by atoms with Crippen molar-refractivity contribution in [1.82, 2.24) is 25.2 Å². The van der Waals surface area contributed by atoms with Crippen LogP contribution >= 0.6 is 11.8 Å². The van der Waals surface area contributed by atoms with E-state index < -0.39 is 28.7 Å². The first-order valence-corrected chi connectivity index (χ1v) is 15.0. The third kappa shape index (κ3) is 4.18. The molecular weight excluding hydrogens is 552 g/mol. The van der Waals surface area contributed by atoms with E-state index >= 15 is 0 Å². The molecular formula is C31H30N6O4S. The summed E-state index contributed by atoms with van der Waals surface area (Å²) in [7, 11) is 0. The van der Waals surface area contributed by atoms with Crippen LogP contribution in [0.5, 0.6) is 0 Å². The molecule has 3 aliphatic rings. The molecule has 10 nitrogen and oxygen atoms in total. The smallest absolute Gasteiger partial charge is 0.245 e. The Kier molecular flexibility index (Phi) is 6.70. The van der Waals surface area contributed by atoms with E-state index in [0.29, 0.717) is 17.6 Å². The zero-order valence-corrected chi connectivity index (χ0v) is 23.5. The molecule has 6 atom stereocenters. The van der Waals surface area contributed by atoms with Gasteiger partial charge in [0.1, 0.15) is 18.2 Å². The van der Waals surface area contributed by atoms with Crippen LogP contribution in [-0.4, -0.2) is 65.4 Å². The van der Waals surface area contributed by atoms with E-state index in [2.05, 4.69) is 20.9 Å². The minimum atomic E-state index is -0.883. The lowest BCUT2D eigenvalue weighted by Crippen LogP contribution is -2.54. The van der Waals surface area contributed by atoms with Gasteiger partial charge < -0.3 is 20.6 Å². The molecule has 2 bridgehead atoms. The molecule has 4 heterocycles. The Labute approximate surface area is 246 Å². The fraction of sp³-hybridized carbons (Fsp3) is 0.323. The van der Waals surface area contributed by atoms with Gasteiger partial charge >= 0.3 is 0 Å². The number of nitrogens with zero attached hydrogens (tertiary/aromatic N) is 4. The summed E-state index contributed by atoms with van der Waals surface area (Å²) in [5.74, 6) is -2.10. The quantitative estimate of drug-likeness (QED) is 0.291. The Morgan fingerprint density at radius 1 is 1.00 bits per heavy atom. The fourth-order valence-electron chi connectivity index (χ4n) is 7.09. The number of amides is 3. The molecule has 3 aromatic carbocycles. The molecule has 7 rings (SSSR count). The Balaban J connectivity index is 1.24. The third-order valence-corrected chi connectivity index (χ3v) is 10.8. The second-order valence-corrected chi connectivity index (χ2v) is 12.6. The van der Waals surface area contributed by atoms with Crippen LogP contribution in [0, 0.1) is 11.8 Å². The van der Waals surface area contributed by atoms with Gasteiger partial charge in [-0.1, -0.05) is 65.9 Å². The summed E-state index contributed by atoms with van der Waals surface area (Å²) in [5.41, 5.74) is 2.89. The van der Waals surface area contributed by atoms with E-state index in [4.69, 9.17) is 0 Å². The number of anilines is 1. The number of hydrogen-bond donors (Lipinski definition) is 3. The summed E-state index contributed by atoms with van der Waals surface area (Å²) >= 11 is 1.59. The molecule has 0 aliphatic carbocycles. The van der Waals surface area contributed by atoms with Gasteiger partial charge in [0.15, 0.2) is 0 Å². The van der Waals surface area contributed by atoms with Crippen molar-refractivity contribution in [1.29, 1.82) is 0 Å². The number of hydrogen-bond acceptors (Lipinski definition) is 7. The standard InChI is InChI=1S/C31H30N6O4S/c38-17-23(19-9-3-1-4-10-19)37-27(29(40)32-18-36-22-14-8-7-13-21(22)34-35-36)31-16-15-24(42-31)25(26(31)30(37)41)28(39)33-20-11-5-2-6-12-20/h1-14,23-27,38H,15-18H2,(H,32,40)(H,33,39)/t23-,24+,25-,26+,27?,31?/m1/s1. The summed E-state index contributed by atoms with van der Waals surface area (Å²) in [6.45, 7) is -0.287. The number of rotatable bonds is 8. The summed E-state index contributed by atoms with van der Waals surface area (Å²) in [6.07, 6.45) is 1.35. The highest BCUT2D eigenvalue weighted by molar-refractivity contribution is 8.02. The molecule has 1 spiro atoms. The zero-order chi connectivity index (χ0) is 28.8. The lowest BCUT2D eigenvalue weighted by Gasteiger charge is -2.37. The number of nitrogens with one attached hydrogen (secondary N) is 2. The normalized spacial score (nSPS) is 26.8. The molecule has 3 N–H and O–H groups in total. The molecule has 0 saturated carbocycles. The Bertz CT molecular complexity index is 1650. The topological polar surface area (TPSA) is 129 Å². The number of thioether (sulfide) groups is 1. The highest BCUT2D eigenvalue weighted by Gasteiger charge is 2.74. The number of likely N-dealkylation sites (tertiary alicyclic amines) is 1. The minimum Gasteiger partial charge on any atom is -0.394 e. The highest BCUT2D eigenvalue weighted by Crippen LogP contribution is 2.67. The zero-order valence-electron chi connectivity index (χ0n) is 22.7. The molecule has 11 heteroatoms. The van der Waals surface area contributed by atoms with E-state index in [9.17, 15) is 19.5 Å². The second kappa shape index (κ2) is 10.6. The first-order chi connectivity index (χ1) is 20.5. The van der Waals surface area contributed by atoms with Gasteiger partial charge in [0.25, 0.3) is 0 Å². The van der Waals surface area contributed by atoms with E-state index in [1.165, 1.54) is 0 Å². The first kappa shape index (κ1) is 26.7. The number of para-hydroxylation sites is 2. The summed E-state index contributed by atoms with van der Waals surface area (Å²) in [4.78, 5) is 43.9. The van der Waals surface area contributed by atoms with Crippen molar-refractivity contribution in [2.75, 3.05) is 11.9 Å². The molecule has 4 aromatic rings. The highest BCUT2D eigenvalue weighted by atomic mass is 32.2. The second-order valence-electron chi connectivity index (χ2n) is 11.0. The van der Waals surface area contributed by atoms with Crippen LogP contribution in [0.4, 0.5) is 5.69 Å². The molecule has 2 unspecified atom stereocenters. The van der Waals surface area contributed by atoms with Crippen LogP contribution in [0.1, 0.15) is 24.4 Å². The van der Waals surface area contributed by atoms with Crippen molar-refractivity contribution in [3.8, 4) is 0 Å². The lowest BCUT2D eigenvalue weighted by atomic mass is 9.70. The maximum Gasteiger partial charge on any atom is 0.245 e. The van der Waals surface area contributed by atoms with Crippen LogP contribution in [0.2, 0.25) is 0 Å². The Morgan fingerprint density at radius 3 is 2.48 bits per heavy atom. The van der Waals surface area contributed by atoms with Crippen LogP contribution in [0.25, 0.3) is 11.0 Å². The van der Waals surface area contributed by atoms with Crippen LogP contribution in [0.15, 0.2) is 84.9 Å².